The Morgan fingerprint density at radius 2 is 1.77 bits per heavy atom. The highest BCUT2D eigenvalue weighted by Gasteiger charge is 2.63. The molecule has 0 saturated carbocycles. The summed E-state index contributed by atoms with van der Waals surface area (Å²) in [6, 6.07) is -1.18. The zero-order valence-electron chi connectivity index (χ0n) is 22.4. The van der Waals surface area contributed by atoms with Crippen molar-refractivity contribution in [3.8, 4) is 5.75 Å². The molecule has 0 radical (unpaired) electrons. The molecule has 0 aromatic heterocycles. The third-order valence-electron chi connectivity index (χ3n) is 7.82. The summed E-state index contributed by atoms with van der Waals surface area (Å²) in [7, 11) is 2.99. The molecular weight excluding hydrogens is 516 g/mol. The average molecular weight is 550 g/mol. The molecule has 0 bridgehead atoms. The van der Waals surface area contributed by atoms with Crippen molar-refractivity contribution in [3.05, 3.63) is 51.0 Å². The van der Waals surface area contributed by atoms with Crippen molar-refractivity contribution in [1.29, 1.82) is 0 Å². The highest BCUT2D eigenvalue weighted by molar-refractivity contribution is 6.24. The number of carbonyl (C=O) groups excluding carboxylic acids is 3. The standard InChI is InChI=1S/C27H33F2N3O7/c1-26(2,3)9-31-8-12-18(29)17(28)11-6-10-7-13-19(32(4)5)22(35)16(25(30)38)24(37)27(13,39)23(36)14(10)21(34)15(11)20(12)33/h10,13,19,31,33,35-36,39H,6-9H2,1-5H3,(H2,30,38)/t10?,13-,19-,27-/m0/s1. The van der Waals surface area contributed by atoms with Crippen molar-refractivity contribution in [1.82, 2.24) is 10.2 Å². The number of aromatic hydroxyl groups is 1. The number of aliphatic hydroxyl groups excluding tert-OH is 2. The normalized spacial score (nSPS) is 27.1. The van der Waals surface area contributed by atoms with E-state index >= 15 is 8.78 Å². The van der Waals surface area contributed by atoms with E-state index in [1.54, 1.807) is 0 Å². The number of hydrogen-bond donors (Lipinski definition) is 6. The number of primary amides is 1. The fourth-order valence-corrected chi connectivity index (χ4v) is 6.08. The van der Waals surface area contributed by atoms with E-state index in [4.69, 9.17) is 5.73 Å². The number of rotatable bonds is 5. The number of aliphatic hydroxyl groups is 3. The number of fused-ring (bicyclic) bond motifs is 3. The van der Waals surface area contributed by atoms with Gasteiger partial charge < -0.3 is 31.5 Å². The molecule has 39 heavy (non-hydrogen) atoms. The van der Waals surface area contributed by atoms with Crippen LogP contribution in [0.3, 0.4) is 0 Å². The summed E-state index contributed by atoms with van der Waals surface area (Å²) in [5.74, 6) is -11.3. The minimum atomic E-state index is -2.81. The van der Waals surface area contributed by atoms with Crippen LogP contribution >= 0.6 is 0 Å². The SMILES string of the molecule is CN(C)[C@@H]1C(O)=C(C(N)=O)C(=O)[C@@]2(O)C(O)=C3C(=O)c4c(O)c(CNCC(C)(C)C)c(F)c(F)c4CC3C[C@@H]12. The molecule has 0 heterocycles. The summed E-state index contributed by atoms with van der Waals surface area (Å²) >= 11 is 0. The van der Waals surface area contributed by atoms with E-state index in [0.29, 0.717) is 6.54 Å². The maximum Gasteiger partial charge on any atom is 0.255 e. The Bertz CT molecular complexity index is 1360. The molecule has 0 aliphatic heterocycles. The van der Waals surface area contributed by atoms with Crippen molar-refractivity contribution in [2.75, 3.05) is 20.6 Å². The van der Waals surface area contributed by atoms with Crippen LogP contribution in [0.4, 0.5) is 8.78 Å². The van der Waals surface area contributed by atoms with Crippen molar-refractivity contribution < 1.29 is 43.6 Å². The Labute approximate surface area is 223 Å². The van der Waals surface area contributed by atoms with Gasteiger partial charge in [0.1, 0.15) is 22.8 Å². The Morgan fingerprint density at radius 3 is 2.31 bits per heavy atom. The first-order chi connectivity index (χ1) is 17.9. The van der Waals surface area contributed by atoms with Gasteiger partial charge in [-0.1, -0.05) is 20.8 Å². The van der Waals surface area contributed by atoms with Gasteiger partial charge in [-0.05, 0) is 38.3 Å². The Kier molecular flexibility index (Phi) is 6.90. The van der Waals surface area contributed by atoms with Gasteiger partial charge in [0, 0.05) is 35.7 Å². The summed E-state index contributed by atoms with van der Waals surface area (Å²) in [5.41, 5.74) is -0.507. The molecule has 4 rings (SSSR count). The first-order valence-corrected chi connectivity index (χ1v) is 12.5. The van der Waals surface area contributed by atoms with E-state index in [0.717, 1.165) is 0 Å². The molecule has 212 valence electrons. The largest absolute Gasteiger partial charge is 0.510 e. The van der Waals surface area contributed by atoms with Gasteiger partial charge in [-0.25, -0.2) is 8.78 Å². The van der Waals surface area contributed by atoms with E-state index in [2.05, 4.69) is 5.32 Å². The first kappa shape index (κ1) is 28.7. The molecule has 0 saturated heterocycles. The molecule has 1 aromatic carbocycles. The van der Waals surface area contributed by atoms with Crippen LogP contribution in [0.2, 0.25) is 0 Å². The lowest BCUT2D eigenvalue weighted by Gasteiger charge is -2.50. The van der Waals surface area contributed by atoms with Gasteiger partial charge in [0.25, 0.3) is 5.91 Å². The number of phenolic OH excluding ortho intramolecular Hbond substituents is 1. The number of Topliss-reactive ketones (excluding diaryl/α,β-unsaturated/α-hetero) is 2. The number of carbonyl (C=O) groups is 3. The highest BCUT2D eigenvalue weighted by Crippen LogP contribution is 2.52. The Balaban J connectivity index is 1.88. The van der Waals surface area contributed by atoms with Crippen molar-refractivity contribution in [2.24, 2.45) is 23.0 Å². The highest BCUT2D eigenvalue weighted by atomic mass is 19.2. The van der Waals surface area contributed by atoms with Gasteiger partial charge in [0.2, 0.25) is 5.78 Å². The fourth-order valence-electron chi connectivity index (χ4n) is 6.08. The minimum Gasteiger partial charge on any atom is -0.510 e. The molecule has 4 atom stereocenters. The molecule has 3 aliphatic carbocycles. The summed E-state index contributed by atoms with van der Waals surface area (Å²) in [6.07, 6.45) is -0.553. The number of ketones is 2. The smallest absolute Gasteiger partial charge is 0.255 e. The molecule has 0 fully saturated rings. The lowest BCUT2D eigenvalue weighted by Crippen LogP contribution is -2.63. The van der Waals surface area contributed by atoms with Crippen LogP contribution in [-0.4, -0.2) is 75.1 Å². The summed E-state index contributed by atoms with van der Waals surface area (Å²) in [4.78, 5) is 40.4. The zero-order chi connectivity index (χ0) is 29.4. The third kappa shape index (κ3) is 4.21. The van der Waals surface area contributed by atoms with Crippen molar-refractivity contribution >= 4 is 17.5 Å². The molecule has 10 nitrogen and oxygen atoms in total. The predicted molar refractivity (Wildman–Crippen MR) is 135 cm³/mol. The van der Waals surface area contributed by atoms with E-state index < -0.39 is 92.1 Å². The summed E-state index contributed by atoms with van der Waals surface area (Å²) in [6.45, 7) is 5.83. The number of nitrogens with one attached hydrogen (secondary N) is 1. The fraction of sp³-hybridized carbons (Fsp3) is 0.519. The number of benzene rings is 1. The molecule has 3 aliphatic rings. The molecular formula is C27H33F2N3O7. The van der Waals surface area contributed by atoms with Gasteiger partial charge in [0.05, 0.1) is 11.6 Å². The Morgan fingerprint density at radius 1 is 1.15 bits per heavy atom. The summed E-state index contributed by atoms with van der Waals surface area (Å²) in [5, 5.41) is 47.5. The number of likely N-dealkylation sites (N-methyl/N-ethyl adjacent to an activating group) is 1. The number of allylic oxidation sites excluding steroid dienone is 1. The topological polar surface area (TPSA) is 173 Å². The molecule has 1 aromatic rings. The second-order valence-electron chi connectivity index (χ2n) is 11.9. The van der Waals surface area contributed by atoms with E-state index in [1.807, 2.05) is 20.8 Å². The van der Waals surface area contributed by atoms with Crippen LogP contribution in [0.1, 0.15) is 48.7 Å². The zero-order valence-corrected chi connectivity index (χ0v) is 22.4. The second-order valence-corrected chi connectivity index (χ2v) is 11.9. The van der Waals surface area contributed by atoms with Crippen molar-refractivity contribution in [3.63, 3.8) is 0 Å². The lowest BCUT2D eigenvalue weighted by atomic mass is 9.58. The van der Waals surface area contributed by atoms with Crippen molar-refractivity contribution in [2.45, 2.75) is 51.8 Å². The van der Waals surface area contributed by atoms with E-state index in [9.17, 15) is 34.8 Å². The quantitative estimate of drug-likeness (QED) is 0.298. The maximum atomic E-state index is 15.3. The van der Waals surface area contributed by atoms with E-state index in [1.165, 1.54) is 19.0 Å². The summed E-state index contributed by atoms with van der Waals surface area (Å²) < 4.78 is 30.4. The number of nitrogens with two attached hydrogens (primary N) is 1. The number of hydrogen-bond acceptors (Lipinski definition) is 9. The van der Waals surface area contributed by atoms with Crippen LogP contribution in [-0.2, 0) is 22.6 Å². The molecule has 12 heteroatoms. The number of amides is 1. The van der Waals surface area contributed by atoms with Gasteiger partial charge in [-0.2, -0.15) is 0 Å². The average Bonchev–Trinajstić information content (AvgIpc) is 2.80. The number of phenols is 1. The lowest BCUT2D eigenvalue weighted by molar-refractivity contribution is -0.148. The molecule has 7 N–H and O–H groups in total. The second kappa shape index (κ2) is 9.39. The monoisotopic (exact) mass is 549 g/mol. The first-order valence-electron chi connectivity index (χ1n) is 12.5. The van der Waals surface area contributed by atoms with Gasteiger partial charge >= 0.3 is 0 Å². The van der Waals surface area contributed by atoms with E-state index in [-0.39, 0.29) is 30.4 Å². The number of nitrogens with zero attached hydrogens (tertiary/aromatic N) is 1. The maximum absolute atomic E-state index is 15.3. The van der Waals surface area contributed by atoms with Crippen LogP contribution in [0.5, 0.6) is 5.75 Å². The predicted octanol–water partition coefficient (Wildman–Crippen LogP) is 1.53. The Hall–Kier alpha value is -3.35. The van der Waals surface area contributed by atoms with Crippen LogP contribution in [0.15, 0.2) is 22.7 Å². The molecule has 1 amide bonds. The van der Waals surface area contributed by atoms with Crippen LogP contribution in [0.25, 0.3) is 0 Å². The van der Waals surface area contributed by atoms with Gasteiger partial charge in [-0.15, -0.1) is 0 Å². The number of halogens is 2. The van der Waals surface area contributed by atoms with Crippen LogP contribution < -0.4 is 11.1 Å². The van der Waals surface area contributed by atoms with Gasteiger partial charge in [0.15, 0.2) is 23.0 Å². The molecule has 0 spiro atoms. The van der Waals surface area contributed by atoms with Crippen LogP contribution in [0, 0.1) is 28.9 Å². The molecule has 1 unspecified atom stereocenters. The minimum absolute atomic E-state index is 0.212. The van der Waals surface area contributed by atoms with Gasteiger partial charge in [-0.3, -0.25) is 19.3 Å². The third-order valence-corrected chi connectivity index (χ3v) is 7.82.